The minimum Gasteiger partial charge on any atom is -0.465 e. The molecule has 1 unspecified atom stereocenters. The van der Waals surface area contributed by atoms with Crippen LogP contribution in [-0.2, 0) is 14.3 Å². The molecule has 0 amide bonds. The molecule has 0 aliphatic rings. The van der Waals surface area contributed by atoms with Gasteiger partial charge in [0.2, 0.25) is 0 Å². The number of fused-ring (bicyclic) bond motifs is 1. The molecule has 0 bridgehead atoms. The molecule has 0 aromatic heterocycles. The van der Waals surface area contributed by atoms with Gasteiger partial charge in [0.15, 0.2) is 5.41 Å². The highest BCUT2D eigenvalue weighted by atomic mass is 16.6. The van der Waals surface area contributed by atoms with Gasteiger partial charge in [-0.3, -0.25) is 9.59 Å². The molecule has 1 atom stereocenters. The van der Waals surface area contributed by atoms with Gasteiger partial charge in [0.25, 0.3) is 0 Å². The lowest BCUT2D eigenvalue weighted by Crippen LogP contribution is -2.40. The van der Waals surface area contributed by atoms with Gasteiger partial charge in [-0.05, 0) is 31.7 Å². The lowest BCUT2D eigenvalue weighted by atomic mass is 9.88. The molecular weight excluding hydrogens is 280 g/mol. The van der Waals surface area contributed by atoms with Crippen LogP contribution in [-0.4, -0.2) is 18.5 Å². The molecule has 22 heavy (non-hydrogen) atoms. The monoisotopic (exact) mass is 300 g/mol. The van der Waals surface area contributed by atoms with Crippen molar-refractivity contribution in [3.63, 3.8) is 0 Å². The van der Waals surface area contributed by atoms with Crippen molar-refractivity contribution >= 4 is 22.7 Å². The molecule has 4 heteroatoms. The maximum Gasteiger partial charge on any atom is 0.328 e. The van der Waals surface area contributed by atoms with Crippen LogP contribution in [0.25, 0.3) is 10.8 Å². The van der Waals surface area contributed by atoms with Crippen molar-refractivity contribution in [2.75, 3.05) is 6.61 Å². The largest absolute Gasteiger partial charge is 0.465 e. The van der Waals surface area contributed by atoms with Gasteiger partial charge in [-0.15, -0.1) is 0 Å². The van der Waals surface area contributed by atoms with Crippen LogP contribution < -0.4 is 4.74 Å². The Bertz CT molecular complexity index is 687. The van der Waals surface area contributed by atoms with Gasteiger partial charge >= 0.3 is 11.9 Å². The zero-order chi connectivity index (χ0) is 16.2. The first-order valence-corrected chi connectivity index (χ1v) is 7.40. The highest BCUT2D eigenvalue weighted by Gasteiger charge is 2.43. The smallest absolute Gasteiger partial charge is 0.328 e. The van der Waals surface area contributed by atoms with E-state index in [-0.39, 0.29) is 6.61 Å². The molecule has 116 valence electrons. The molecule has 4 nitrogen and oxygen atoms in total. The molecule has 0 aliphatic carbocycles. The number of carbonyl (C=O) groups is 2. The Labute approximate surface area is 130 Å². The Kier molecular flexibility index (Phi) is 4.81. The molecule has 2 aromatic carbocycles. The molecule has 0 heterocycles. The van der Waals surface area contributed by atoms with Crippen LogP contribution in [0.2, 0.25) is 0 Å². The minimum atomic E-state index is -1.30. The van der Waals surface area contributed by atoms with Crippen molar-refractivity contribution < 1.29 is 19.1 Å². The summed E-state index contributed by atoms with van der Waals surface area (Å²) in [5.41, 5.74) is -1.30. The van der Waals surface area contributed by atoms with Gasteiger partial charge in [0.05, 0.1) is 6.61 Å². The third-order valence-corrected chi connectivity index (χ3v) is 3.84. The number of ether oxygens (including phenoxy) is 2. The predicted octanol–water partition coefficient (Wildman–Crippen LogP) is 3.72. The Morgan fingerprint density at radius 2 is 1.68 bits per heavy atom. The first kappa shape index (κ1) is 16.0. The maximum absolute atomic E-state index is 12.5. The van der Waals surface area contributed by atoms with Gasteiger partial charge < -0.3 is 9.47 Å². The topological polar surface area (TPSA) is 52.6 Å². The number of rotatable bonds is 5. The number of carbonyl (C=O) groups excluding carboxylic acids is 2. The van der Waals surface area contributed by atoms with Crippen molar-refractivity contribution in [1.82, 2.24) is 0 Å². The summed E-state index contributed by atoms with van der Waals surface area (Å²) in [6.07, 6.45) is 0.315. The van der Waals surface area contributed by atoms with Crippen molar-refractivity contribution in [3.05, 3.63) is 42.5 Å². The van der Waals surface area contributed by atoms with E-state index in [0.29, 0.717) is 12.2 Å². The Morgan fingerprint density at radius 1 is 1.00 bits per heavy atom. The summed E-state index contributed by atoms with van der Waals surface area (Å²) in [5, 5.41) is 1.81. The summed E-state index contributed by atoms with van der Waals surface area (Å²) in [4.78, 5) is 24.6. The molecule has 0 spiro atoms. The van der Waals surface area contributed by atoms with Gasteiger partial charge in [-0.1, -0.05) is 43.3 Å². The van der Waals surface area contributed by atoms with Crippen LogP contribution in [0, 0.1) is 5.41 Å². The lowest BCUT2D eigenvalue weighted by molar-refractivity contribution is -0.165. The summed E-state index contributed by atoms with van der Waals surface area (Å²) >= 11 is 0. The van der Waals surface area contributed by atoms with Crippen LogP contribution >= 0.6 is 0 Å². The van der Waals surface area contributed by atoms with E-state index in [4.69, 9.17) is 9.47 Å². The molecule has 0 fully saturated rings. The Morgan fingerprint density at radius 3 is 2.36 bits per heavy atom. The zero-order valence-corrected chi connectivity index (χ0v) is 13.1. The van der Waals surface area contributed by atoms with Crippen molar-refractivity contribution in [2.24, 2.45) is 5.41 Å². The standard InChI is InChI=1S/C18H20O4/c1-4-18(3,16(19)21-5-2)17(20)22-15-12-8-10-13-9-6-7-11-14(13)15/h6-12H,4-5H2,1-3H3. The van der Waals surface area contributed by atoms with Crippen LogP contribution in [0.5, 0.6) is 5.75 Å². The average Bonchev–Trinajstić information content (AvgIpc) is 2.54. The maximum atomic E-state index is 12.5. The van der Waals surface area contributed by atoms with Crippen LogP contribution in [0.15, 0.2) is 42.5 Å². The highest BCUT2D eigenvalue weighted by Crippen LogP contribution is 2.30. The van der Waals surface area contributed by atoms with Crippen LogP contribution in [0.1, 0.15) is 27.2 Å². The predicted molar refractivity (Wildman–Crippen MR) is 84.6 cm³/mol. The van der Waals surface area contributed by atoms with Crippen LogP contribution in [0.4, 0.5) is 0 Å². The fourth-order valence-electron chi connectivity index (χ4n) is 2.16. The van der Waals surface area contributed by atoms with E-state index in [1.165, 1.54) is 0 Å². The van der Waals surface area contributed by atoms with Gasteiger partial charge in [-0.2, -0.15) is 0 Å². The molecule has 0 saturated carbocycles. The van der Waals surface area contributed by atoms with E-state index in [0.717, 1.165) is 10.8 Å². The van der Waals surface area contributed by atoms with Gasteiger partial charge in [0.1, 0.15) is 5.75 Å². The second kappa shape index (κ2) is 6.60. The van der Waals surface area contributed by atoms with E-state index >= 15 is 0 Å². The van der Waals surface area contributed by atoms with E-state index in [2.05, 4.69) is 0 Å². The summed E-state index contributed by atoms with van der Waals surface area (Å²) in [7, 11) is 0. The Balaban J connectivity index is 2.31. The molecule has 2 rings (SSSR count). The summed E-state index contributed by atoms with van der Waals surface area (Å²) < 4.78 is 10.5. The zero-order valence-electron chi connectivity index (χ0n) is 13.1. The minimum absolute atomic E-state index is 0.232. The fourth-order valence-corrected chi connectivity index (χ4v) is 2.16. The third-order valence-electron chi connectivity index (χ3n) is 3.84. The number of benzene rings is 2. The van der Waals surface area contributed by atoms with Crippen molar-refractivity contribution in [2.45, 2.75) is 27.2 Å². The van der Waals surface area contributed by atoms with Crippen LogP contribution in [0.3, 0.4) is 0 Å². The summed E-state index contributed by atoms with van der Waals surface area (Å²) in [6.45, 7) is 5.26. The number of esters is 2. The number of hydrogen-bond donors (Lipinski definition) is 0. The third kappa shape index (κ3) is 2.96. The second-order valence-corrected chi connectivity index (χ2v) is 5.27. The molecule has 2 aromatic rings. The van der Waals surface area contributed by atoms with E-state index in [1.807, 2.05) is 36.4 Å². The van der Waals surface area contributed by atoms with Crippen molar-refractivity contribution in [1.29, 1.82) is 0 Å². The summed E-state index contributed by atoms with van der Waals surface area (Å²) in [6, 6.07) is 13.1. The average molecular weight is 300 g/mol. The van der Waals surface area contributed by atoms with E-state index < -0.39 is 17.4 Å². The quantitative estimate of drug-likeness (QED) is 0.480. The number of hydrogen-bond acceptors (Lipinski definition) is 4. The highest BCUT2D eigenvalue weighted by molar-refractivity contribution is 6.01. The lowest BCUT2D eigenvalue weighted by Gasteiger charge is -2.23. The molecule has 0 radical (unpaired) electrons. The van der Waals surface area contributed by atoms with Crippen molar-refractivity contribution in [3.8, 4) is 5.75 Å². The normalized spacial score (nSPS) is 13.4. The molecular formula is C18H20O4. The van der Waals surface area contributed by atoms with E-state index in [1.54, 1.807) is 26.8 Å². The first-order chi connectivity index (χ1) is 10.5. The molecule has 0 aliphatic heterocycles. The fraction of sp³-hybridized carbons (Fsp3) is 0.333. The molecule has 0 N–H and O–H groups in total. The Hall–Kier alpha value is -2.36. The SMILES string of the molecule is CCOC(=O)C(C)(CC)C(=O)Oc1cccc2ccccc12. The second-order valence-electron chi connectivity index (χ2n) is 5.27. The molecule has 0 saturated heterocycles. The van der Waals surface area contributed by atoms with Gasteiger partial charge in [-0.25, -0.2) is 0 Å². The van der Waals surface area contributed by atoms with Gasteiger partial charge in [0, 0.05) is 5.39 Å². The first-order valence-electron chi connectivity index (χ1n) is 7.40. The van der Waals surface area contributed by atoms with E-state index in [9.17, 15) is 9.59 Å². The summed E-state index contributed by atoms with van der Waals surface area (Å²) in [5.74, 6) is -0.695.